The lowest BCUT2D eigenvalue weighted by Gasteiger charge is -2.25. The minimum absolute atomic E-state index is 0.189. The second-order valence-electron chi connectivity index (χ2n) is 6.16. The molecule has 1 amide bonds. The lowest BCUT2D eigenvalue weighted by Crippen LogP contribution is -2.41. The minimum Gasteiger partial charge on any atom is -0.487 e. The summed E-state index contributed by atoms with van der Waals surface area (Å²) < 4.78 is 12.7. The quantitative estimate of drug-likeness (QED) is 0.690. The number of anilines is 1. The Morgan fingerprint density at radius 1 is 1.19 bits per heavy atom. The molecule has 0 saturated heterocycles. The van der Waals surface area contributed by atoms with Crippen LogP contribution < -0.4 is 14.4 Å². The standard InChI is InChI=1S/C19H19N5O3/c1-13-11-20-19(21-17(13)26-2)23-8-9-24-16(18(23)25)10-14(22-24)12-27-15-6-4-3-5-7-15/h3-7,10-11H,8-9,12H2,1-2H3. The van der Waals surface area contributed by atoms with Gasteiger partial charge in [-0.05, 0) is 25.1 Å². The maximum atomic E-state index is 12.9. The molecule has 0 atom stereocenters. The Balaban J connectivity index is 1.53. The van der Waals surface area contributed by atoms with E-state index in [1.54, 1.807) is 29.0 Å². The summed E-state index contributed by atoms with van der Waals surface area (Å²) in [5, 5.41) is 4.47. The zero-order chi connectivity index (χ0) is 18.8. The predicted molar refractivity (Wildman–Crippen MR) is 98.0 cm³/mol. The number of fused-ring (bicyclic) bond motifs is 1. The van der Waals surface area contributed by atoms with Gasteiger partial charge < -0.3 is 9.47 Å². The van der Waals surface area contributed by atoms with Gasteiger partial charge in [-0.15, -0.1) is 0 Å². The molecular formula is C19H19N5O3. The number of methoxy groups -OCH3 is 1. The summed E-state index contributed by atoms with van der Waals surface area (Å²) in [4.78, 5) is 23.0. The number of ether oxygens (including phenoxy) is 2. The van der Waals surface area contributed by atoms with Crippen LogP contribution in [0.2, 0.25) is 0 Å². The molecule has 1 aliphatic rings. The lowest BCUT2D eigenvalue weighted by atomic mass is 10.2. The number of nitrogens with zero attached hydrogens (tertiary/aromatic N) is 5. The fraction of sp³-hybridized carbons (Fsp3) is 0.263. The van der Waals surface area contributed by atoms with Crippen LogP contribution in [-0.2, 0) is 13.2 Å². The predicted octanol–water partition coefficient (Wildman–Crippen LogP) is 2.23. The Bertz CT molecular complexity index is 971. The molecule has 0 fully saturated rings. The highest BCUT2D eigenvalue weighted by Gasteiger charge is 2.29. The van der Waals surface area contributed by atoms with Gasteiger partial charge >= 0.3 is 0 Å². The van der Waals surface area contributed by atoms with Gasteiger partial charge in [0.25, 0.3) is 5.91 Å². The molecule has 27 heavy (non-hydrogen) atoms. The zero-order valence-corrected chi connectivity index (χ0v) is 15.1. The molecule has 1 aromatic carbocycles. The van der Waals surface area contributed by atoms with Gasteiger partial charge in [-0.2, -0.15) is 10.1 Å². The molecule has 2 aromatic heterocycles. The number of carbonyl (C=O) groups is 1. The Morgan fingerprint density at radius 3 is 2.78 bits per heavy atom. The highest BCUT2D eigenvalue weighted by molar-refractivity contribution is 6.04. The topological polar surface area (TPSA) is 82.4 Å². The summed E-state index contributed by atoms with van der Waals surface area (Å²) >= 11 is 0. The van der Waals surface area contributed by atoms with Crippen molar-refractivity contribution in [3.05, 3.63) is 59.5 Å². The maximum absolute atomic E-state index is 12.9. The second kappa shape index (κ2) is 7.06. The SMILES string of the molecule is COc1nc(N2CCn3nc(COc4ccccc4)cc3C2=O)ncc1C. The molecule has 3 heterocycles. The third-order valence-electron chi connectivity index (χ3n) is 4.31. The summed E-state index contributed by atoms with van der Waals surface area (Å²) in [5.74, 6) is 1.36. The molecular weight excluding hydrogens is 346 g/mol. The van der Waals surface area contributed by atoms with Crippen molar-refractivity contribution in [1.29, 1.82) is 0 Å². The molecule has 0 radical (unpaired) electrons. The number of hydrogen-bond donors (Lipinski definition) is 0. The van der Waals surface area contributed by atoms with Crippen molar-refractivity contribution in [2.45, 2.75) is 20.1 Å². The van der Waals surface area contributed by atoms with Gasteiger partial charge in [0.1, 0.15) is 23.7 Å². The van der Waals surface area contributed by atoms with E-state index in [9.17, 15) is 4.79 Å². The van der Waals surface area contributed by atoms with Crippen molar-refractivity contribution in [1.82, 2.24) is 19.7 Å². The van der Waals surface area contributed by atoms with Crippen LogP contribution in [0.5, 0.6) is 11.6 Å². The van der Waals surface area contributed by atoms with Gasteiger partial charge in [0.2, 0.25) is 11.8 Å². The maximum Gasteiger partial charge on any atom is 0.278 e. The van der Waals surface area contributed by atoms with Crippen LogP contribution in [0.4, 0.5) is 5.95 Å². The molecule has 0 N–H and O–H groups in total. The van der Waals surface area contributed by atoms with E-state index >= 15 is 0 Å². The summed E-state index contributed by atoms with van der Waals surface area (Å²) in [5.41, 5.74) is 2.01. The first-order valence-electron chi connectivity index (χ1n) is 8.60. The van der Waals surface area contributed by atoms with E-state index in [4.69, 9.17) is 9.47 Å². The summed E-state index contributed by atoms with van der Waals surface area (Å²) in [6, 6.07) is 11.3. The summed E-state index contributed by atoms with van der Waals surface area (Å²) in [6.45, 7) is 3.16. The van der Waals surface area contributed by atoms with E-state index in [0.29, 0.717) is 42.9 Å². The van der Waals surface area contributed by atoms with Crippen molar-refractivity contribution in [3.63, 3.8) is 0 Å². The fourth-order valence-electron chi connectivity index (χ4n) is 2.94. The first-order valence-corrected chi connectivity index (χ1v) is 8.60. The van der Waals surface area contributed by atoms with Crippen LogP contribution in [-0.4, -0.2) is 39.3 Å². The van der Waals surface area contributed by atoms with Crippen LogP contribution in [0.25, 0.3) is 0 Å². The van der Waals surface area contributed by atoms with Gasteiger partial charge in [-0.3, -0.25) is 14.4 Å². The van der Waals surface area contributed by atoms with Crippen molar-refractivity contribution in [2.24, 2.45) is 0 Å². The highest BCUT2D eigenvalue weighted by atomic mass is 16.5. The Labute approximate surface area is 156 Å². The van der Waals surface area contributed by atoms with E-state index < -0.39 is 0 Å². The van der Waals surface area contributed by atoms with Crippen LogP contribution in [0.3, 0.4) is 0 Å². The normalized spacial score (nSPS) is 13.4. The number of aryl methyl sites for hydroxylation is 1. The number of para-hydroxylation sites is 1. The van der Waals surface area contributed by atoms with E-state index in [1.165, 1.54) is 0 Å². The zero-order valence-electron chi connectivity index (χ0n) is 15.1. The van der Waals surface area contributed by atoms with Crippen LogP contribution in [0.1, 0.15) is 21.7 Å². The van der Waals surface area contributed by atoms with Crippen molar-refractivity contribution < 1.29 is 14.3 Å². The molecule has 3 aromatic rings. The first kappa shape index (κ1) is 17.0. The van der Waals surface area contributed by atoms with Crippen molar-refractivity contribution in [2.75, 3.05) is 18.6 Å². The van der Waals surface area contributed by atoms with Crippen molar-refractivity contribution >= 4 is 11.9 Å². The molecule has 1 aliphatic heterocycles. The van der Waals surface area contributed by atoms with Crippen LogP contribution >= 0.6 is 0 Å². The Hall–Kier alpha value is -3.42. The molecule has 8 heteroatoms. The van der Waals surface area contributed by atoms with E-state index in [2.05, 4.69) is 15.1 Å². The molecule has 138 valence electrons. The van der Waals surface area contributed by atoms with Gasteiger partial charge in [-0.1, -0.05) is 18.2 Å². The Kier molecular flexibility index (Phi) is 4.45. The number of hydrogen-bond acceptors (Lipinski definition) is 6. The minimum atomic E-state index is -0.189. The molecule has 0 unspecified atom stereocenters. The Morgan fingerprint density at radius 2 is 2.00 bits per heavy atom. The van der Waals surface area contributed by atoms with E-state index in [1.807, 2.05) is 37.3 Å². The van der Waals surface area contributed by atoms with Crippen LogP contribution in [0.15, 0.2) is 42.6 Å². The average molecular weight is 365 g/mol. The average Bonchev–Trinajstić information content (AvgIpc) is 3.12. The highest BCUT2D eigenvalue weighted by Crippen LogP contribution is 2.22. The summed E-state index contributed by atoms with van der Waals surface area (Å²) in [7, 11) is 1.55. The van der Waals surface area contributed by atoms with Crippen molar-refractivity contribution in [3.8, 4) is 11.6 Å². The van der Waals surface area contributed by atoms with Gasteiger partial charge in [-0.25, -0.2) is 4.98 Å². The number of rotatable bonds is 5. The monoisotopic (exact) mass is 365 g/mol. The van der Waals surface area contributed by atoms with E-state index in [-0.39, 0.29) is 5.91 Å². The molecule has 0 aliphatic carbocycles. The number of carbonyl (C=O) groups excluding carboxylic acids is 1. The number of amides is 1. The van der Waals surface area contributed by atoms with Gasteiger partial charge in [0.05, 0.1) is 13.7 Å². The number of benzene rings is 1. The lowest BCUT2D eigenvalue weighted by molar-refractivity contribution is 0.0960. The molecule has 0 bridgehead atoms. The van der Waals surface area contributed by atoms with E-state index in [0.717, 1.165) is 11.3 Å². The summed E-state index contributed by atoms with van der Waals surface area (Å²) in [6.07, 6.45) is 1.65. The smallest absolute Gasteiger partial charge is 0.278 e. The third-order valence-corrected chi connectivity index (χ3v) is 4.31. The molecule has 4 rings (SSSR count). The molecule has 8 nitrogen and oxygen atoms in total. The van der Waals surface area contributed by atoms with Gasteiger partial charge in [0.15, 0.2) is 0 Å². The molecule has 0 saturated carbocycles. The molecule has 0 spiro atoms. The largest absolute Gasteiger partial charge is 0.487 e. The first-order chi connectivity index (χ1) is 13.2. The fourth-order valence-corrected chi connectivity index (χ4v) is 2.94. The van der Waals surface area contributed by atoms with Crippen LogP contribution in [0, 0.1) is 6.92 Å². The number of aromatic nitrogens is 4. The second-order valence-corrected chi connectivity index (χ2v) is 6.16. The van der Waals surface area contributed by atoms with Gasteiger partial charge in [0, 0.05) is 18.3 Å². The third kappa shape index (κ3) is 3.33.